The number of hydrogen-bond donors (Lipinski definition) is 2. The number of carbonyl (C=O) groups excluding carboxylic acids is 2. The second-order valence-electron chi connectivity index (χ2n) is 5.23. The van der Waals surface area contributed by atoms with E-state index in [4.69, 9.17) is 15.3 Å². The number of anilines is 2. The minimum atomic E-state index is -0.633. The van der Waals surface area contributed by atoms with Crippen LogP contribution in [-0.4, -0.2) is 24.0 Å². The number of methoxy groups -OCH3 is 1. The number of amides is 1. The number of allylic oxidation sites excluding steroid dienone is 1. The lowest BCUT2D eigenvalue weighted by atomic mass is 10.1. The number of pyridine rings is 1. The summed E-state index contributed by atoms with van der Waals surface area (Å²) in [5, 5.41) is 23.2. The third kappa shape index (κ3) is 5.15. The molecule has 2 rings (SSSR count). The highest BCUT2D eigenvalue weighted by molar-refractivity contribution is 6.03. The average Bonchev–Trinajstić information content (AvgIpc) is 2.69. The van der Waals surface area contributed by atoms with Crippen molar-refractivity contribution in [3.05, 3.63) is 65.6 Å². The molecule has 134 valence electrons. The van der Waals surface area contributed by atoms with Crippen molar-refractivity contribution in [1.29, 1.82) is 10.5 Å². The number of para-hydroxylation sites is 1. The molecule has 2 aromatic rings. The van der Waals surface area contributed by atoms with E-state index in [9.17, 15) is 9.59 Å². The van der Waals surface area contributed by atoms with Crippen molar-refractivity contribution in [2.75, 3.05) is 17.7 Å². The van der Waals surface area contributed by atoms with E-state index in [0.29, 0.717) is 5.69 Å². The number of nitrogens with zero attached hydrogens (tertiary/aromatic N) is 3. The van der Waals surface area contributed by atoms with Crippen molar-refractivity contribution < 1.29 is 14.3 Å². The van der Waals surface area contributed by atoms with Gasteiger partial charge in [-0.1, -0.05) is 6.07 Å². The summed E-state index contributed by atoms with van der Waals surface area (Å²) in [7, 11) is 1.23. The molecule has 0 aliphatic heterocycles. The van der Waals surface area contributed by atoms with Crippen LogP contribution in [0.2, 0.25) is 0 Å². The van der Waals surface area contributed by atoms with Gasteiger partial charge in [0.25, 0.3) is 0 Å². The van der Waals surface area contributed by atoms with E-state index in [1.807, 2.05) is 0 Å². The number of benzene rings is 1. The van der Waals surface area contributed by atoms with Gasteiger partial charge < -0.3 is 15.4 Å². The number of hydrogen-bond acceptors (Lipinski definition) is 7. The molecule has 0 aliphatic rings. The van der Waals surface area contributed by atoms with Gasteiger partial charge in [-0.2, -0.15) is 10.5 Å². The maximum Gasteiger partial charge on any atom is 0.340 e. The highest BCUT2D eigenvalue weighted by Gasteiger charge is 2.16. The molecule has 1 aromatic carbocycles. The fourth-order valence-electron chi connectivity index (χ4n) is 2.21. The topological polar surface area (TPSA) is 128 Å². The Morgan fingerprint density at radius 1 is 1.19 bits per heavy atom. The molecule has 0 fully saturated rings. The standard InChI is InChI=1S/C19H15N5O3/c1-27-19(26)15-3-2-4-16(18(15)23-12-14(10-20)11-21)24-17(25)9-13-5-7-22-8-6-13/h2-8,12,23H,9H2,1H3,(H,24,25). The van der Waals surface area contributed by atoms with Gasteiger partial charge in [-0.25, -0.2) is 4.79 Å². The van der Waals surface area contributed by atoms with Crippen molar-refractivity contribution in [3.63, 3.8) is 0 Å². The van der Waals surface area contributed by atoms with Gasteiger partial charge in [-0.3, -0.25) is 9.78 Å². The number of carbonyl (C=O) groups is 2. The minimum absolute atomic E-state index is 0.113. The highest BCUT2D eigenvalue weighted by atomic mass is 16.5. The summed E-state index contributed by atoms with van der Waals surface area (Å²) in [6.45, 7) is 0. The molecule has 0 saturated heterocycles. The molecule has 27 heavy (non-hydrogen) atoms. The number of rotatable bonds is 6. The Balaban J connectivity index is 2.33. The van der Waals surface area contributed by atoms with Crippen LogP contribution < -0.4 is 10.6 Å². The van der Waals surface area contributed by atoms with Crippen LogP contribution in [0.25, 0.3) is 0 Å². The lowest BCUT2D eigenvalue weighted by molar-refractivity contribution is -0.115. The van der Waals surface area contributed by atoms with E-state index in [-0.39, 0.29) is 29.2 Å². The molecule has 0 unspecified atom stereocenters. The SMILES string of the molecule is COC(=O)c1cccc(NC(=O)Cc2ccncc2)c1NC=C(C#N)C#N. The van der Waals surface area contributed by atoms with Gasteiger partial charge in [-0.15, -0.1) is 0 Å². The summed E-state index contributed by atoms with van der Waals surface area (Å²) < 4.78 is 4.74. The van der Waals surface area contributed by atoms with Crippen molar-refractivity contribution in [2.24, 2.45) is 0 Å². The molecule has 2 N–H and O–H groups in total. The van der Waals surface area contributed by atoms with Crippen LogP contribution in [0.1, 0.15) is 15.9 Å². The third-order valence-corrected chi connectivity index (χ3v) is 3.46. The number of esters is 1. The monoisotopic (exact) mass is 361 g/mol. The molecule has 0 spiro atoms. The molecule has 8 nitrogen and oxygen atoms in total. The predicted octanol–water partition coefficient (Wildman–Crippen LogP) is 2.39. The normalized spacial score (nSPS) is 9.30. The molecule has 0 radical (unpaired) electrons. The van der Waals surface area contributed by atoms with Crippen LogP contribution in [0, 0.1) is 22.7 Å². The first-order chi connectivity index (χ1) is 13.1. The maximum atomic E-state index is 12.3. The molecular formula is C19H15N5O3. The van der Waals surface area contributed by atoms with Crippen LogP contribution in [0.15, 0.2) is 54.5 Å². The molecule has 0 atom stereocenters. The van der Waals surface area contributed by atoms with E-state index in [0.717, 1.165) is 11.8 Å². The Hall–Kier alpha value is -4.17. The first kappa shape index (κ1) is 19.2. The van der Waals surface area contributed by atoms with E-state index >= 15 is 0 Å². The molecule has 1 amide bonds. The second kappa shape index (κ2) is 9.35. The number of nitrogens with one attached hydrogen (secondary N) is 2. The molecule has 1 heterocycles. The first-order valence-electron chi connectivity index (χ1n) is 7.76. The Labute approximate surface area is 155 Å². The molecule has 0 aliphatic carbocycles. The summed E-state index contributed by atoms with van der Waals surface area (Å²) >= 11 is 0. The van der Waals surface area contributed by atoms with Crippen LogP contribution in [0.4, 0.5) is 11.4 Å². The van der Waals surface area contributed by atoms with Gasteiger partial charge in [0, 0.05) is 18.6 Å². The smallest absolute Gasteiger partial charge is 0.340 e. The van der Waals surface area contributed by atoms with Crippen LogP contribution in [-0.2, 0) is 16.0 Å². The Bertz CT molecular complexity index is 940. The summed E-state index contributed by atoms with van der Waals surface area (Å²) in [4.78, 5) is 28.3. The summed E-state index contributed by atoms with van der Waals surface area (Å²) in [6, 6.07) is 11.5. The number of ether oxygens (including phenoxy) is 1. The molecular weight excluding hydrogens is 346 g/mol. The Morgan fingerprint density at radius 3 is 2.52 bits per heavy atom. The van der Waals surface area contributed by atoms with Crippen LogP contribution in [0.5, 0.6) is 0 Å². The zero-order valence-corrected chi connectivity index (χ0v) is 14.4. The van der Waals surface area contributed by atoms with Gasteiger partial charge in [0.15, 0.2) is 0 Å². The summed E-state index contributed by atoms with van der Waals surface area (Å²) in [5.74, 6) is -0.942. The van der Waals surface area contributed by atoms with Gasteiger partial charge in [-0.05, 0) is 29.8 Å². The predicted molar refractivity (Wildman–Crippen MR) is 97.3 cm³/mol. The third-order valence-electron chi connectivity index (χ3n) is 3.46. The number of nitriles is 2. The lowest BCUT2D eigenvalue weighted by Crippen LogP contribution is -2.17. The minimum Gasteiger partial charge on any atom is -0.465 e. The van der Waals surface area contributed by atoms with E-state index < -0.39 is 5.97 Å². The average molecular weight is 361 g/mol. The first-order valence-corrected chi connectivity index (χ1v) is 7.76. The van der Waals surface area contributed by atoms with Gasteiger partial charge in [0.05, 0.1) is 30.5 Å². The molecule has 1 aromatic heterocycles. The fraction of sp³-hybridized carbons (Fsp3) is 0.105. The van der Waals surface area contributed by atoms with E-state index in [1.54, 1.807) is 48.8 Å². The lowest BCUT2D eigenvalue weighted by Gasteiger charge is -2.14. The van der Waals surface area contributed by atoms with Crippen LogP contribution in [0.3, 0.4) is 0 Å². The quantitative estimate of drug-likeness (QED) is 0.597. The highest BCUT2D eigenvalue weighted by Crippen LogP contribution is 2.27. The Kier molecular flexibility index (Phi) is 6.63. The number of aromatic nitrogens is 1. The maximum absolute atomic E-state index is 12.3. The van der Waals surface area contributed by atoms with E-state index in [1.165, 1.54) is 13.2 Å². The molecule has 0 bridgehead atoms. The summed E-state index contributed by atoms with van der Waals surface area (Å²) in [5.41, 5.74) is 1.26. The van der Waals surface area contributed by atoms with Gasteiger partial charge in [0.2, 0.25) is 5.91 Å². The fourth-order valence-corrected chi connectivity index (χ4v) is 2.21. The molecule has 0 saturated carbocycles. The van der Waals surface area contributed by atoms with Crippen molar-refractivity contribution in [2.45, 2.75) is 6.42 Å². The zero-order valence-electron chi connectivity index (χ0n) is 14.4. The zero-order chi connectivity index (χ0) is 19.6. The Morgan fingerprint density at radius 2 is 1.89 bits per heavy atom. The van der Waals surface area contributed by atoms with Crippen molar-refractivity contribution >= 4 is 23.3 Å². The van der Waals surface area contributed by atoms with Crippen molar-refractivity contribution in [1.82, 2.24) is 4.98 Å². The van der Waals surface area contributed by atoms with Crippen molar-refractivity contribution in [3.8, 4) is 12.1 Å². The molecule has 8 heteroatoms. The van der Waals surface area contributed by atoms with Gasteiger partial charge in [0.1, 0.15) is 17.7 Å². The largest absolute Gasteiger partial charge is 0.465 e. The van der Waals surface area contributed by atoms with Crippen LogP contribution >= 0.6 is 0 Å². The summed E-state index contributed by atoms with van der Waals surface area (Å²) in [6.07, 6.45) is 4.44. The van der Waals surface area contributed by atoms with E-state index in [2.05, 4.69) is 15.6 Å². The van der Waals surface area contributed by atoms with Gasteiger partial charge >= 0.3 is 5.97 Å². The second-order valence-corrected chi connectivity index (χ2v) is 5.23.